The summed E-state index contributed by atoms with van der Waals surface area (Å²) in [6.07, 6.45) is 3.43. The van der Waals surface area contributed by atoms with Crippen molar-refractivity contribution in [3.63, 3.8) is 0 Å². The molecule has 0 spiro atoms. The summed E-state index contributed by atoms with van der Waals surface area (Å²) in [7, 11) is 0. The Hall–Kier alpha value is -0.0900. The van der Waals surface area contributed by atoms with E-state index in [2.05, 4.69) is 15.9 Å². The highest BCUT2D eigenvalue weighted by Gasteiger charge is 2.35. The Bertz CT molecular complexity index is 247. The van der Waals surface area contributed by atoms with Gasteiger partial charge in [-0.25, -0.2) is 0 Å². The van der Waals surface area contributed by atoms with Crippen molar-refractivity contribution in [2.75, 3.05) is 18.5 Å². The van der Waals surface area contributed by atoms with Gasteiger partial charge in [-0.2, -0.15) is 0 Å². The summed E-state index contributed by atoms with van der Waals surface area (Å²) in [4.78, 5) is 14.2. The fourth-order valence-corrected chi connectivity index (χ4v) is 3.18. The molecule has 2 aliphatic rings. The van der Waals surface area contributed by atoms with Crippen LogP contribution in [-0.4, -0.2) is 41.4 Å². The number of carbonyl (C=O) groups excluding carboxylic acids is 1. The zero-order chi connectivity index (χ0) is 10.8. The molecule has 0 aliphatic carbocycles. The number of carbonyl (C=O) groups is 1. The van der Waals surface area contributed by atoms with E-state index < -0.39 is 0 Å². The summed E-state index contributed by atoms with van der Waals surface area (Å²) in [5, 5.41) is 0.905. The van der Waals surface area contributed by atoms with E-state index >= 15 is 0 Å². The average Bonchev–Trinajstić information content (AvgIpc) is 2.84. The molecule has 4 heteroatoms. The second-order valence-electron chi connectivity index (χ2n) is 4.56. The molecule has 2 heterocycles. The van der Waals surface area contributed by atoms with Crippen molar-refractivity contribution in [3.05, 3.63) is 0 Å². The van der Waals surface area contributed by atoms with Crippen LogP contribution < -0.4 is 0 Å². The van der Waals surface area contributed by atoms with E-state index in [0.29, 0.717) is 18.6 Å². The van der Waals surface area contributed by atoms with Crippen molar-refractivity contribution in [2.24, 2.45) is 5.92 Å². The number of ether oxygens (including phenoxy) is 1. The minimum Gasteiger partial charge on any atom is -0.378 e. The molecule has 0 saturated carbocycles. The van der Waals surface area contributed by atoms with Gasteiger partial charge in [0.05, 0.1) is 18.6 Å². The van der Waals surface area contributed by atoms with Crippen molar-refractivity contribution in [1.82, 2.24) is 4.90 Å². The predicted molar refractivity (Wildman–Crippen MR) is 62.1 cm³/mol. The quantitative estimate of drug-likeness (QED) is 0.720. The van der Waals surface area contributed by atoms with Gasteiger partial charge in [0.1, 0.15) is 0 Å². The second-order valence-corrected chi connectivity index (χ2v) is 5.21. The zero-order valence-electron chi connectivity index (χ0n) is 9.12. The monoisotopic (exact) mass is 275 g/mol. The van der Waals surface area contributed by atoms with Gasteiger partial charge in [-0.1, -0.05) is 15.9 Å². The number of hydrogen-bond donors (Lipinski definition) is 0. The van der Waals surface area contributed by atoms with Gasteiger partial charge in [-0.15, -0.1) is 0 Å². The summed E-state index contributed by atoms with van der Waals surface area (Å²) in [6, 6.07) is 0.411. The van der Waals surface area contributed by atoms with Crippen LogP contribution in [0, 0.1) is 5.92 Å². The molecule has 0 aromatic heterocycles. The molecule has 0 N–H and O–H groups in total. The molecule has 15 heavy (non-hydrogen) atoms. The Kier molecular flexibility index (Phi) is 3.67. The van der Waals surface area contributed by atoms with Crippen molar-refractivity contribution < 1.29 is 9.53 Å². The lowest BCUT2D eigenvalue weighted by molar-refractivity contribution is -0.135. The Balaban J connectivity index is 1.95. The van der Waals surface area contributed by atoms with Gasteiger partial charge in [0.25, 0.3) is 0 Å². The maximum Gasteiger partial charge on any atom is 0.228 e. The normalized spacial score (nSPS) is 36.1. The number of hydrogen-bond acceptors (Lipinski definition) is 2. The molecule has 3 nitrogen and oxygen atoms in total. The molecule has 2 aliphatic heterocycles. The maximum atomic E-state index is 12.2. The minimum absolute atomic E-state index is 0.111. The lowest BCUT2D eigenvalue weighted by atomic mass is 10.0. The number of nitrogens with zero attached hydrogens (tertiary/aromatic N) is 1. The summed E-state index contributed by atoms with van der Waals surface area (Å²) in [6.45, 7) is 3.59. The van der Waals surface area contributed by atoms with Gasteiger partial charge in [0, 0.05) is 17.9 Å². The first-order valence-corrected chi connectivity index (χ1v) is 6.82. The summed E-state index contributed by atoms with van der Waals surface area (Å²) in [5.41, 5.74) is 0. The molecular formula is C11H18BrNO2. The van der Waals surface area contributed by atoms with E-state index in [1.807, 2.05) is 11.8 Å². The Morgan fingerprint density at radius 2 is 2.40 bits per heavy atom. The Morgan fingerprint density at radius 1 is 1.60 bits per heavy atom. The van der Waals surface area contributed by atoms with Crippen LogP contribution in [0.25, 0.3) is 0 Å². The number of halogens is 1. The van der Waals surface area contributed by atoms with Crippen molar-refractivity contribution in [2.45, 2.75) is 38.3 Å². The molecule has 2 saturated heterocycles. The Morgan fingerprint density at radius 3 is 3.00 bits per heavy atom. The SMILES string of the molecule is CC1CC(C(=O)N2CCCC2CBr)CO1. The van der Waals surface area contributed by atoms with Gasteiger partial charge in [-0.05, 0) is 26.2 Å². The Labute approximate surface area is 99.3 Å². The number of likely N-dealkylation sites (tertiary alicyclic amines) is 1. The standard InChI is InChI=1S/C11H18BrNO2/c1-8-5-9(7-15-8)11(14)13-4-2-3-10(13)6-12/h8-10H,2-7H2,1H3. The molecule has 1 amide bonds. The van der Waals surface area contributed by atoms with Crippen molar-refractivity contribution >= 4 is 21.8 Å². The third-order valence-corrected chi connectivity index (χ3v) is 4.13. The molecule has 86 valence electrons. The van der Waals surface area contributed by atoms with Gasteiger partial charge in [0.2, 0.25) is 5.91 Å². The first-order valence-electron chi connectivity index (χ1n) is 5.70. The first kappa shape index (κ1) is 11.4. The lowest BCUT2D eigenvalue weighted by Crippen LogP contribution is -2.40. The summed E-state index contributed by atoms with van der Waals surface area (Å²) >= 11 is 3.48. The van der Waals surface area contributed by atoms with E-state index in [1.54, 1.807) is 0 Å². The lowest BCUT2D eigenvalue weighted by Gasteiger charge is -2.25. The number of rotatable bonds is 2. The van der Waals surface area contributed by atoms with E-state index in [0.717, 1.165) is 31.1 Å². The van der Waals surface area contributed by atoms with Crippen molar-refractivity contribution in [1.29, 1.82) is 0 Å². The fraction of sp³-hybridized carbons (Fsp3) is 0.909. The van der Waals surface area contributed by atoms with Crippen LogP contribution in [0.1, 0.15) is 26.2 Å². The molecule has 0 aromatic rings. The van der Waals surface area contributed by atoms with Gasteiger partial charge < -0.3 is 9.64 Å². The molecule has 0 aromatic carbocycles. The second kappa shape index (κ2) is 4.83. The molecule has 0 bridgehead atoms. The van der Waals surface area contributed by atoms with Gasteiger partial charge >= 0.3 is 0 Å². The molecule has 3 unspecified atom stereocenters. The molecule has 3 atom stereocenters. The molecule has 0 radical (unpaired) electrons. The van der Waals surface area contributed by atoms with Crippen LogP contribution in [0.3, 0.4) is 0 Å². The summed E-state index contributed by atoms with van der Waals surface area (Å²) < 4.78 is 5.46. The first-order chi connectivity index (χ1) is 7.22. The van der Waals surface area contributed by atoms with Crippen LogP contribution in [0.5, 0.6) is 0 Å². The highest BCUT2D eigenvalue weighted by molar-refractivity contribution is 9.09. The van der Waals surface area contributed by atoms with Crippen molar-refractivity contribution in [3.8, 4) is 0 Å². The number of amides is 1. The van der Waals surface area contributed by atoms with Crippen LogP contribution in [0.4, 0.5) is 0 Å². The van der Waals surface area contributed by atoms with E-state index in [-0.39, 0.29) is 12.0 Å². The highest BCUT2D eigenvalue weighted by Crippen LogP contribution is 2.26. The largest absolute Gasteiger partial charge is 0.378 e. The minimum atomic E-state index is 0.111. The summed E-state index contributed by atoms with van der Waals surface area (Å²) in [5.74, 6) is 0.418. The maximum absolute atomic E-state index is 12.2. The van der Waals surface area contributed by atoms with Crippen LogP contribution in [-0.2, 0) is 9.53 Å². The van der Waals surface area contributed by atoms with E-state index in [4.69, 9.17) is 4.74 Å². The highest BCUT2D eigenvalue weighted by atomic mass is 79.9. The third kappa shape index (κ3) is 2.36. The van der Waals surface area contributed by atoms with Gasteiger partial charge in [0.15, 0.2) is 0 Å². The van der Waals surface area contributed by atoms with Crippen LogP contribution >= 0.6 is 15.9 Å². The smallest absolute Gasteiger partial charge is 0.228 e. The molecule has 2 rings (SSSR count). The zero-order valence-corrected chi connectivity index (χ0v) is 10.7. The fourth-order valence-electron chi connectivity index (χ4n) is 2.51. The average molecular weight is 276 g/mol. The third-order valence-electron chi connectivity index (χ3n) is 3.39. The molecular weight excluding hydrogens is 258 g/mol. The topological polar surface area (TPSA) is 29.5 Å². The van der Waals surface area contributed by atoms with E-state index in [9.17, 15) is 4.79 Å². The predicted octanol–water partition coefficient (Wildman–Crippen LogP) is 1.80. The molecule has 2 fully saturated rings. The van der Waals surface area contributed by atoms with Crippen LogP contribution in [0.2, 0.25) is 0 Å². The van der Waals surface area contributed by atoms with Crippen LogP contribution in [0.15, 0.2) is 0 Å². The van der Waals surface area contributed by atoms with E-state index in [1.165, 1.54) is 0 Å². The van der Waals surface area contributed by atoms with Gasteiger partial charge in [-0.3, -0.25) is 4.79 Å². The number of alkyl halides is 1.